The largest absolute Gasteiger partial charge is 0.450 e. The number of pyridine rings is 1. The second kappa shape index (κ2) is 7.97. The topological polar surface area (TPSA) is 92.1 Å². The molecule has 1 heterocycles. The number of carbonyl (C=O) groups excluding carboxylic acids is 2. The molecule has 1 unspecified atom stereocenters. The van der Waals surface area contributed by atoms with Gasteiger partial charge < -0.3 is 4.74 Å². The van der Waals surface area contributed by atoms with Crippen molar-refractivity contribution < 1.29 is 14.3 Å². The zero-order valence-corrected chi connectivity index (χ0v) is 14.0. The summed E-state index contributed by atoms with van der Waals surface area (Å²) in [7, 11) is 0. The van der Waals surface area contributed by atoms with E-state index < -0.39 is 12.0 Å². The van der Waals surface area contributed by atoms with Crippen LogP contribution < -0.4 is 5.32 Å². The van der Waals surface area contributed by atoms with Crippen molar-refractivity contribution in [3.8, 4) is 6.07 Å². The number of nitrogens with one attached hydrogen (secondary N) is 1. The van der Waals surface area contributed by atoms with Crippen LogP contribution >= 0.6 is 11.8 Å². The fourth-order valence-electron chi connectivity index (χ4n) is 2.47. The van der Waals surface area contributed by atoms with Crippen molar-refractivity contribution in [1.29, 1.82) is 5.26 Å². The van der Waals surface area contributed by atoms with Gasteiger partial charge in [0.2, 0.25) is 5.91 Å². The van der Waals surface area contributed by atoms with E-state index in [2.05, 4.69) is 28.0 Å². The van der Waals surface area contributed by atoms with Crippen molar-refractivity contribution in [3.05, 3.63) is 22.9 Å². The quantitative estimate of drug-likeness (QED) is 0.851. The number of rotatable bonds is 4. The van der Waals surface area contributed by atoms with Gasteiger partial charge in [0, 0.05) is 5.69 Å². The van der Waals surface area contributed by atoms with E-state index in [1.165, 1.54) is 0 Å². The van der Waals surface area contributed by atoms with Crippen LogP contribution in [0.1, 0.15) is 37.1 Å². The summed E-state index contributed by atoms with van der Waals surface area (Å²) in [6, 6.07) is 4.02. The number of hydrogen-bond donors (Lipinski definition) is 1. The van der Waals surface area contributed by atoms with Crippen LogP contribution in [0.4, 0.5) is 4.79 Å². The van der Waals surface area contributed by atoms with Crippen LogP contribution in [-0.2, 0) is 22.4 Å². The van der Waals surface area contributed by atoms with Crippen LogP contribution in [0.25, 0.3) is 0 Å². The number of fused-ring (bicyclic) bond motifs is 1. The Morgan fingerprint density at radius 1 is 1.57 bits per heavy atom. The fourth-order valence-corrected chi connectivity index (χ4v) is 3.24. The van der Waals surface area contributed by atoms with Crippen molar-refractivity contribution in [2.24, 2.45) is 5.92 Å². The van der Waals surface area contributed by atoms with E-state index in [0.29, 0.717) is 16.5 Å². The van der Waals surface area contributed by atoms with Crippen molar-refractivity contribution in [2.75, 3.05) is 12.4 Å². The highest BCUT2D eigenvalue weighted by Gasteiger charge is 2.20. The maximum atomic E-state index is 11.7. The van der Waals surface area contributed by atoms with Gasteiger partial charge in [0.15, 0.2) is 0 Å². The smallest absolute Gasteiger partial charge is 0.413 e. The van der Waals surface area contributed by atoms with Gasteiger partial charge in [-0.15, -0.1) is 0 Å². The highest BCUT2D eigenvalue weighted by atomic mass is 32.2. The molecule has 0 saturated carbocycles. The van der Waals surface area contributed by atoms with Crippen molar-refractivity contribution in [1.82, 2.24) is 10.3 Å². The normalized spacial score (nSPS) is 16.1. The maximum absolute atomic E-state index is 11.7. The van der Waals surface area contributed by atoms with Crippen molar-refractivity contribution in [2.45, 2.75) is 38.1 Å². The molecule has 0 fully saturated rings. The van der Waals surface area contributed by atoms with Gasteiger partial charge in [-0.2, -0.15) is 5.26 Å². The van der Waals surface area contributed by atoms with Crippen molar-refractivity contribution in [3.63, 3.8) is 0 Å². The number of nitrogens with zero attached hydrogens (tertiary/aromatic N) is 2. The summed E-state index contributed by atoms with van der Waals surface area (Å²) in [5, 5.41) is 12.0. The predicted octanol–water partition coefficient (Wildman–Crippen LogP) is 2.44. The van der Waals surface area contributed by atoms with Crippen LogP contribution in [0.5, 0.6) is 0 Å². The number of amides is 2. The van der Waals surface area contributed by atoms with Gasteiger partial charge in [-0.05, 0) is 43.7 Å². The molecule has 1 aromatic rings. The highest BCUT2D eigenvalue weighted by Crippen LogP contribution is 2.29. The molecule has 1 aliphatic carbocycles. The molecule has 1 aromatic heterocycles. The highest BCUT2D eigenvalue weighted by molar-refractivity contribution is 8.00. The average molecular weight is 333 g/mol. The summed E-state index contributed by atoms with van der Waals surface area (Å²) in [6.07, 6.45) is 2.15. The number of carbonyl (C=O) groups is 2. The van der Waals surface area contributed by atoms with Crippen LogP contribution in [0.2, 0.25) is 0 Å². The molecule has 2 rings (SSSR count). The molecule has 0 bridgehead atoms. The van der Waals surface area contributed by atoms with E-state index in [4.69, 9.17) is 0 Å². The number of alkyl carbamates (subject to hydrolysis) is 1. The summed E-state index contributed by atoms with van der Waals surface area (Å²) in [5.41, 5.74) is 2.61. The predicted molar refractivity (Wildman–Crippen MR) is 86.0 cm³/mol. The number of thioether (sulfide) groups is 1. The molecule has 0 aromatic carbocycles. The molecular formula is C16H19N3O3S. The molecule has 0 saturated heterocycles. The molecule has 7 heteroatoms. The molecule has 1 atom stereocenters. The molecule has 0 aliphatic heterocycles. The Kier molecular flexibility index (Phi) is 5.99. The van der Waals surface area contributed by atoms with Gasteiger partial charge in [0.05, 0.1) is 17.9 Å². The van der Waals surface area contributed by atoms with E-state index in [1.807, 2.05) is 6.07 Å². The first-order chi connectivity index (χ1) is 11.0. The standard InChI is InChI=1S/C16H19N3O3S/c1-3-22-16(21)19-14(20)9-23-15-12(8-17)7-11-6-10(2)4-5-13(11)18-15/h7,10H,3-6,9H2,1-2H3,(H,19,20,21). The molecule has 1 aliphatic rings. The Morgan fingerprint density at radius 2 is 2.35 bits per heavy atom. The van der Waals surface area contributed by atoms with E-state index in [-0.39, 0.29) is 12.4 Å². The molecule has 0 radical (unpaired) electrons. The minimum absolute atomic E-state index is 0.00961. The van der Waals surface area contributed by atoms with Gasteiger partial charge in [-0.1, -0.05) is 18.7 Å². The van der Waals surface area contributed by atoms with Gasteiger partial charge >= 0.3 is 6.09 Å². The Labute approximate surface area is 139 Å². The summed E-state index contributed by atoms with van der Waals surface area (Å²) in [4.78, 5) is 27.4. The lowest BCUT2D eigenvalue weighted by Gasteiger charge is -2.21. The van der Waals surface area contributed by atoms with Crippen molar-refractivity contribution >= 4 is 23.8 Å². The molecule has 122 valence electrons. The van der Waals surface area contributed by atoms with E-state index in [9.17, 15) is 14.9 Å². The summed E-state index contributed by atoms with van der Waals surface area (Å²) in [5.74, 6) is 0.144. The summed E-state index contributed by atoms with van der Waals surface area (Å²) in [6.45, 7) is 4.06. The third kappa shape index (κ3) is 4.70. The molecule has 0 spiro atoms. The minimum atomic E-state index is -0.758. The van der Waals surface area contributed by atoms with Crippen LogP contribution in [0.3, 0.4) is 0 Å². The lowest BCUT2D eigenvalue weighted by molar-refractivity contribution is -0.117. The molecule has 6 nitrogen and oxygen atoms in total. The number of aryl methyl sites for hydroxylation is 1. The summed E-state index contributed by atoms with van der Waals surface area (Å²) >= 11 is 1.16. The van der Waals surface area contributed by atoms with Gasteiger partial charge in [0.1, 0.15) is 11.1 Å². The monoisotopic (exact) mass is 333 g/mol. The van der Waals surface area contributed by atoms with E-state index >= 15 is 0 Å². The Balaban J connectivity index is 2.04. The Morgan fingerprint density at radius 3 is 3.04 bits per heavy atom. The molecule has 2 amide bonds. The van der Waals surface area contributed by atoms with Gasteiger partial charge in [-0.25, -0.2) is 9.78 Å². The zero-order valence-electron chi connectivity index (χ0n) is 13.2. The molecular weight excluding hydrogens is 314 g/mol. The third-order valence-corrected chi connectivity index (χ3v) is 4.57. The first-order valence-electron chi connectivity index (χ1n) is 7.55. The van der Waals surface area contributed by atoms with E-state index in [1.54, 1.807) is 6.92 Å². The number of nitriles is 1. The lowest BCUT2D eigenvalue weighted by Crippen LogP contribution is -2.32. The third-order valence-electron chi connectivity index (χ3n) is 3.58. The zero-order chi connectivity index (χ0) is 16.8. The Hall–Kier alpha value is -2.07. The SMILES string of the molecule is CCOC(=O)NC(=O)CSc1nc2c(cc1C#N)CC(C)CC2. The van der Waals surface area contributed by atoms with E-state index in [0.717, 1.165) is 42.3 Å². The Bertz CT molecular complexity index is 655. The number of ether oxygens (including phenoxy) is 1. The van der Waals surface area contributed by atoms with Gasteiger partial charge in [0.25, 0.3) is 0 Å². The second-order valence-electron chi connectivity index (χ2n) is 5.46. The lowest BCUT2D eigenvalue weighted by atomic mass is 9.87. The van der Waals surface area contributed by atoms with Gasteiger partial charge in [-0.3, -0.25) is 10.1 Å². The fraction of sp³-hybridized carbons (Fsp3) is 0.500. The number of aromatic nitrogens is 1. The number of imide groups is 1. The van der Waals surface area contributed by atoms with Crippen LogP contribution in [-0.4, -0.2) is 29.3 Å². The van der Waals surface area contributed by atoms with Crippen LogP contribution in [0, 0.1) is 17.2 Å². The number of hydrogen-bond acceptors (Lipinski definition) is 6. The average Bonchev–Trinajstić information content (AvgIpc) is 2.52. The minimum Gasteiger partial charge on any atom is -0.450 e. The molecule has 23 heavy (non-hydrogen) atoms. The molecule has 1 N–H and O–H groups in total. The first kappa shape index (κ1) is 17.3. The second-order valence-corrected chi connectivity index (χ2v) is 6.43. The first-order valence-corrected chi connectivity index (χ1v) is 8.54. The summed E-state index contributed by atoms with van der Waals surface area (Å²) < 4.78 is 4.65. The maximum Gasteiger partial charge on any atom is 0.413 e. The van der Waals surface area contributed by atoms with Crippen LogP contribution in [0.15, 0.2) is 11.1 Å².